The molecule has 0 radical (unpaired) electrons. The molecule has 0 saturated carbocycles. The molecule has 5 rings (SSSR count). The van der Waals surface area contributed by atoms with E-state index in [-0.39, 0.29) is 0 Å². The van der Waals surface area contributed by atoms with Crippen LogP contribution in [0, 0.1) is 0 Å². The number of hydrogen-bond donors (Lipinski definition) is 0. The molecule has 0 atom stereocenters. The lowest BCUT2D eigenvalue weighted by molar-refractivity contribution is 0.929. The number of hydrogen-bond acceptors (Lipinski definition) is 4. The minimum Gasteiger partial charge on any atom is -0.278 e. The second kappa shape index (κ2) is 6.55. The van der Waals surface area contributed by atoms with Crippen LogP contribution in [0.1, 0.15) is 17.1 Å². The van der Waals surface area contributed by atoms with E-state index in [1.54, 1.807) is 12.4 Å². The van der Waals surface area contributed by atoms with Gasteiger partial charge in [-0.15, -0.1) is 10.2 Å². The number of halogens is 1. The molecule has 0 fully saturated rings. The Bertz CT molecular complexity index is 1150. The molecular formula is C21H14BrN5. The third-order valence-corrected chi connectivity index (χ3v) is 5.08. The summed E-state index contributed by atoms with van der Waals surface area (Å²) in [5, 5.41) is 8.92. The topological polar surface area (TPSA) is 56.5 Å². The van der Waals surface area contributed by atoms with Crippen LogP contribution in [0.15, 0.2) is 77.7 Å². The van der Waals surface area contributed by atoms with Crippen LogP contribution in [0.3, 0.4) is 0 Å². The third-order valence-electron chi connectivity index (χ3n) is 4.59. The number of rotatable bonds is 2. The maximum atomic E-state index is 4.56. The SMILES string of the molecule is Brc1ccc2c(c1)C(c1ccccn1)=CCc1nnc(-c3ccncc3)n1-2. The second-order valence-corrected chi connectivity index (χ2v) is 7.13. The molecule has 0 aliphatic carbocycles. The van der Waals surface area contributed by atoms with Gasteiger partial charge in [0.2, 0.25) is 0 Å². The van der Waals surface area contributed by atoms with E-state index in [9.17, 15) is 0 Å². The molecule has 4 aromatic rings. The van der Waals surface area contributed by atoms with Crippen LogP contribution >= 0.6 is 15.9 Å². The lowest BCUT2D eigenvalue weighted by atomic mass is 10.00. The first-order valence-electron chi connectivity index (χ1n) is 8.58. The molecule has 3 aromatic heterocycles. The Hall–Kier alpha value is -3.12. The number of fused-ring (bicyclic) bond motifs is 3. The molecule has 0 spiro atoms. The Labute approximate surface area is 164 Å². The molecule has 1 aliphatic heterocycles. The zero-order valence-electron chi connectivity index (χ0n) is 14.2. The highest BCUT2D eigenvalue weighted by Gasteiger charge is 2.23. The van der Waals surface area contributed by atoms with Crippen molar-refractivity contribution >= 4 is 21.5 Å². The van der Waals surface area contributed by atoms with Crippen molar-refractivity contribution in [2.75, 3.05) is 0 Å². The Kier molecular flexibility index (Phi) is 3.90. The third kappa shape index (κ3) is 2.78. The van der Waals surface area contributed by atoms with Crippen LogP contribution in [0.4, 0.5) is 0 Å². The Morgan fingerprint density at radius 3 is 2.63 bits per heavy atom. The average Bonchev–Trinajstić information content (AvgIpc) is 3.07. The predicted molar refractivity (Wildman–Crippen MR) is 107 cm³/mol. The zero-order chi connectivity index (χ0) is 18.2. The molecule has 0 amide bonds. The first kappa shape index (κ1) is 16.1. The van der Waals surface area contributed by atoms with E-state index in [2.05, 4.69) is 58.9 Å². The summed E-state index contributed by atoms with van der Waals surface area (Å²) in [4.78, 5) is 8.67. The van der Waals surface area contributed by atoms with Crippen molar-refractivity contribution in [1.29, 1.82) is 0 Å². The maximum absolute atomic E-state index is 4.56. The quantitative estimate of drug-likeness (QED) is 0.484. The van der Waals surface area contributed by atoms with Crippen molar-refractivity contribution < 1.29 is 0 Å². The Balaban J connectivity index is 1.77. The molecule has 6 heteroatoms. The molecule has 0 unspecified atom stereocenters. The minimum absolute atomic E-state index is 0.677. The van der Waals surface area contributed by atoms with Crippen molar-refractivity contribution in [1.82, 2.24) is 24.7 Å². The fraction of sp³-hybridized carbons (Fsp3) is 0.0476. The summed E-state index contributed by atoms with van der Waals surface area (Å²) < 4.78 is 3.15. The van der Waals surface area contributed by atoms with E-state index in [4.69, 9.17) is 0 Å². The molecule has 0 N–H and O–H groups in total. The van der Waals surface area contributed by atoms with Crippen LogP contribution in [0.25, 0.3) is 22.6 Å². The lowest BCUT2D eigenvalue weighted by Gasteiger charge is -2.14. The van der Waals surface area contributed by atoms with Gasteiger partial charge in [0.15, 0.2) is 5.82 Å². The van der Waals surface area contributed by atoms with Gasteiger partial charge in [0.25, 0.3) is 0 Å². The fourth-order valence-corrected chi connectivity index (χ4v) is 3.74. The van der Waals surface area contributed by atoms with Gasteiger partial charge >= 0.3 is 0 Å². The van der Waals surface area contributed by atoms with Gasteiger partial charge in [0.1, 0.15) is 5.82 Å². The van der Waals surface area contributed by atoms with Gasteiger partial charge < -0.3 is 0 Å². The normalized spacial score (nSPS) is 12.7. The standard InChI is InChI=1S/C21H14BrN5/c22-15-4-6-19-17(13-15)16(18-3-1-2-10-24-18)5-7-20-25-26-21(27(19)20)14-8-11-23-12-9-14/h1-6,8-13H,7H2. The summed E-state index contributed by atoms with van der Waals surface area (Å²) in [5.41, 5.74) is 5.16. The highest BCUT2D eigenvalue weighted by Crippen LogP contribution is 2.35. The molecule has 130 valence electrons. The molecule has 1 aromatic carbocycles. The zero-order valence-corrected chi connectivity index (χ0v) is 15.8. The summed E-state index contributed by atoms with van der Waals surface area (Å²) in [6, 6.07) is 16.1. The predicted octanol–water partition coefficient (Wildman–Crippen LogP) is 4.47. The van der Waals surface area contributed by atoms with Gasteiger partial charge in [-0.1, -0.05) is 28.1 Å². The summed E-state index contributed by atoms with van der Waals surface area (Å²) in [6.45, 7) is 0. The highest BCUT2D eigenvalue weighted by atomic mass is 79.9. The van der Waals surface area contributed by atoms with E-state index in [0.29, 0.717) is 6.42 Å². The molecular weight excluding hydrogens is 402 g/mol. The highest BCUT2D eigenvalue weighted by molar-refractivity contribution is 9.10. The molecule has 27 heavy (non-hydrogen) atoms. The van der Waals surface area contributed by atoms with E-state index in [1.165, 1.54) is 0 Å². The monoisotopic (exact) mass is 415 g/mol. The first-order chi connectivity index (χ1) is 13.3. The molecule has 5 nitrogen and oxygen atoms in total. The van der Waals surface area contributed by atoms with Gasteiger partial charge in [-0.25, -0.2) is 0 Å². The fourth-order valence-electron chi connectivity index (χ4n) is 3.38. The van der Waals surface area contributed by atoms with Gasteiger partial charge in [-0.05, 0) is 42.5 Å². The van der Waals surface area contributed by atoms with Crippen LogP contribution in [0.5, 0.6) is 0 Å². The minimum atomic E-state index is 0.677. The lowest BCUT2D eigenvalue weighted by Crippen LogP contribution is -2.04. The summed E-state index contributed by atoms with van der Waals surface area (Å²) in [7, 11) is 0. The van der Waals surface area contributed by atoms with E-state index in [0.717, 1.165) is 44.2 Å². The molecule has 1 aliphatic rings. The summed E-state index contributed by atoms with van der Waals surface area (Å²) in [6.07, 6.45) is 8.22. The van der Waals surface area contributed by atoms with Gasteiger partial charge in [-0.2, -0.15) is 0 Å². The number of pyridine rings is 2. The Morgan fingerprint density at radius 2 is 1.81 bits per heavy atom. The van der Waals surface area contributed by atoms with Gasteiger partial charge in [0, 0.05) is 46.2 Å². The van der Waals surface area contributed by atoms with Gasteiger partial charge in [-0.3, -0.25) is 14.5 Å². The molecule has 0 bridgehead atoms. The van der Waals surface area contributed by atoms with Crippen LogP contribution < -0.4 is 0 Å². The molecule has 4 heterocycles. The number of allylic oxidation sites excluding steroid dienone is 1. The van der Waals surface area contributed by atoms with Crippen molar-refractivity contribution in [2.45, 2.75) is 6.42 Å². The van der Waals surface area contributed by atoms with Crippen LogP contribution in [0.2, 0.25) is 0 Å². The molecule has 0 saturated heterocycles. The van der Waals surface area contributed by atoms with Crippen molar-refractivity contribution in [3.05, 3.63) is 94.8 Å². The van der Waals surface area contributed by atoms with Crippen molar-refractivity contribution in [3.63, 3.8) is 0 Å². The van der Waals surface area contributed by atoms with Crippen molar-refractivity contribution in [2.24, 2.45) is 0 Å². The summed E-state index contributed by atoms with van der Waals surface area (Å²) in [5.74, 6) is 1.71. The van der Waals surface area contributed by atoms with E-state index in [1.807, 2.05) is 42.6 Å². The largest absolute Gasteiger partial charge is 0.278 e. The van der Waals surface area contributed by atoms with E-state index < -0.39 is 0 Å². The average molecular weight is 416 g/mol. The van der Waals surface area contributed by atoms with Crippen molar-refractivity contribution in [3.8, 4) is 17.1 Å². The number of aromatic nitrogens is 5. The number of benzene rings is 1. The van der Waals surface area contributed by atoms with Gasteiger partial charge in [0.05, 0.1) is 11.4 Å². The van der Waals surface area contributed by atoms with Crippen LogP contribution in [-0.4, -0.2) is 24.7 Å². The van der Waals surface area contributed by atoms with E-state index >= 15 is 0 Å². The summed E-state index contributed by atoms with van der Waals surface area (Å²) >= 11 is 3.61. The first-order valence-corrected chi connectivity index (χ1v) is 9.37. The van der Waals surface area contributed by atoms with Crippen LogP contribution in [-0.2, 0) is 6.42 Å². The Morgan fingerprint density at radius 1 is 0.926 bits per heavy atom. The smallest absolute Gasteiger partial charge is 0.168 e. The second-order valence-electron chi connectivity index (χ2n) is 6.21. The number of nitrogens with zero attached hydrogens (tertiary/aromatic N) is 5. The maximum Gasteiger partial charge on any atom is 0.168 e.